The molecule has 0 fully saturated rings. The quantitative estimate of drug-likeness (QED) is 0.0108. The normalized spacial score (nSPS) is 14.0. The van der Waals surface area contributed by atoms with Crippen LogP contribution in [-0.4, -0.2) is 223 Å². The average molecular weight is 1400 g/mol. The van der Waals surface area contributed by atoms with E-state index in [1.54, 1.807) is 44.2 Å². The number of hydrogen-bond acceptors (Lipinski definition) is 20. The molecule has 2 aromatic heterocycles. The summed E-state index contributed by atoms with van der Waals surface area (Å²) in [7, 11) is 0. The minimum atomic E-state index is -1.81. The predicted octanol–water partition coefficient (Wildman–Crippen LogP) is -7.95. The zero-order chi connectivity index (χ0) is 72.9. The molecule has 0 aliphatic rings. The Morgan fingerprint density at radius 2 is 0.908 bits per heavy atom. The van der Waals surface area contributed by atoms with E-state index in [1.165, 1.54) is 25.0 Å². The van der Waals surface area contributed by atoms with E-state index in [4.69, 9.17) is 40.1 Å². The second-order valence-corrected chi connectivity index (χ2v) is 23.2. The molecule has 29 N–H and O–H groups in total. The summed E-state index contributed by atoms with van der Waals surface area (Å²) >= 11 is 4.17. The van der Waals surface area contributed by atoms with E-state index >= 15 is 0 Å². The van der Waals surface area contributed by atoms with Crippen molar-refractivity contribution >= 4 is 102 Å². The summed E-state index contributed by atoms with van der Waals surface area (Å²) in [5.41, 5.74) is 39.9. The fourth-order valence-electron chi connectivity index (χ4n) is 9.24. The number of aromatic nitrogens is 4. The Hall–Kier alpha value is -10.6. The van der Waals surface area contributed by atoms with E-state index in [0.29, 0.717) is 17.7 Å². The van der Waals surface area contributed by atoms with Crippen LogP contribution in [-0.2, 0) is 76.8 Å². The molecule has 0 saturated carbocycles. The number of amides is 10. The number of hydrogen-bond donors (Lipinski definition) is 23. The number of H-pyrrole nitrogens is 2. The minimum absolute atomic E-state index is 0.0182. The molecule has 10 amide bonds. The van der Waals surface area contributed by atoms with E-state index in [0.717, 1.165) is 0 Å². The Labute approximate surface area is 568 Å². The van der Waals surface area contributed by atoms with Crippen LogP contribution in [0.4, 0.5) is 0 Å². The lowest BCUT2D eigenvalue weighted by Crippen LogP contribution is -2.60. The van der Waals surface area contributed by atoms with E-state index in [9.17, 15) is 72.9 Å². The van der Waals surface area contributed by atoms with Gasteiger partial charge in [0.1, 0.15) is 54.4 Å². The Morgan fingerprint density at radius 1 is 0.500 bits per heavy atom. The van der Waals surface area contributed by atoms with E-state index in [2.05, 4.69) is 101 Å². The molecule has 0 spiro atoms. The highest BCUT2D eigenvalue weighted by Gasteiger charge is 2.36. The monoisotopic (exact) mass is 1400 g/mol. The number of imidazole rings is 2. The molecule has 0 aliphatic carbocycles. The number of benzene rings is 1. The standard InChI is InChI=1S/C58H92N24O15S/c1-30(2)19-38(78-54(95)43(27-98)82-46(87)34(59)11-6-16-68-56(60)61)47(88)71-25-44(84)74-42(26-83)53(94)80-39(21-32-23-66-28-72-32)51(92)77-37(14-15-45(85)86)50(91)76-35(12-7-17-69-57(62)63)48(89)75-36(13-8-18-70-58(64)65)49(90)79-40(22-33-24-67-29-73-33)52(93)81-41(55(96)97)20-31-9-4-3-5-10-31/h3-5,9-10,23-24,28-30,34-43,83,98H,6-8,11-22,25-27,59H2,1-2H3,(H,66,72)(H,67,73)(H,71,88)(H,74,84)(H,75,89)(H,76,91)(H,77,92)(H,78,95)(H,79,90)(H,80,94)(H,81,93)(H,82,87)(H,85,86)(H,96,97)(H4,60,61,68)(H4,62,63,69)(H4,64,65,70)/t34-,35-,36-,37-,38-,39-,40-,41-,42-,43-/m0/s1. The largest absolute Gasteiger partial charge is 0.481 e. The van der Waals surface area contributed by atoms with E-state index in [-0.39, 0.29) is 106 Å². The predicted molar refractivity (Wildman–Crippen MR) is 358 cm³/mol. The first kappa shape index (κ1) is 81.6. The molecular weight excluding hydrogens is 1300 g/mol. The molecular formula is C58H92N24O15S. The van der Waals surface area contributed by atoms with Crippen LogP contribution in [0.25, 0.3) is 0 Å². The van der Waals surface area contributed by atoms with E-state index < -0.39 is 164 Å². The number of aliphatic carboxylic acids is 2. The Bertz CT molecular complexity index is 3180. The molecule has 40 heteroatoms. The van der Waals surface area contributed by atoms with Crippen molar-refractivity contribution in [2.24, 2.45) is 61.0 Å². The highest BCUT2D eigenvalue weighted by molar-refractivity contribution is 7.80. The number of carboxylic acids is 2. The van der Waals surface area contributed by atoms with Gasteiger partial charge in [0.2, 0.25) is 59.1 Å². The molecule has 0 aliphatic heterocycles. The molecule has 1 aromatic carbocycles. The molecule has 3 rings (SSSR count). The number of carbonyl (C=O) groups is 12. The SMILES string of the molecule is CC(C)C[C@H](NC(=O)[C@H](CS)NC(=O)[C@@H](N)CCCN=C(N)N)C(=O)NCC(=O)N[C@@H](CO)C(=O)N[C@@H](Cc1cnc[nH]1)C(=O)N[C@@H](CCC(=O)O)C(=O)N[C@@H](CCCN=C(N)N)C(=O)N[C@@H](CCCN=C(N)N)C(=O)N[C@@H](Cc1cnc[nH]1)C(=O)N[C@@H](Cc1ccccc1)C(=O)O. The third-order valence-corrected chi connectivity index (χ3v) is 14.6. The molecule has 98 heavy (non-hydrogen) atoms. The van der Waals surface area contributed by atoms with Gasteiger partial charge in [0.25, 0.3) is 0 Å². The maximum atomic E-state index is 14.6. The smallest absolute Gasteiger partial charge is 0.326 e. The third kappa shape index (κ3) is 31.7. The van der Waals surface area contributed by atoms with E-state index in [1.807, 2.05) is 0 Å². The van der Waals surface area contributed by atoms with Gasteiger partial charge >= 0.3 is 11.9 Å². The van der Waals surface area contributed by atoms with Crippen molar-refractivity contribution in [1.29, 1.82) is 0 Å². The topological polar surface area (TPSA) is 662 Å². The molecule has 0 bridgehead atoms. The lowest BCUT2D eigenvalue weighted by Gasteiger charge is -2.27. The molecule has 10 atom stereocenters. The molecule has 39 nitrogen and oxygen atoms in total. The second-order valence-electron chi connectivity index (χ2n) is 22.8. The number of nitrogens with one attached hydrogen (secondary N) is 12. The van der Waals surface area contributed by atoms with Gasteiger partial charge in [0.15, 0.2) is 17.9 Å². The summed E-state index contributed by atoms with van der Waals surface area (Å²) < 4.78 is 0. The van der Waals surface area contributed by atoms with Crippen LogP contribution in [0.1, 0.15) is 88.6 Å². The molecule has 0 saturated heterocycles. The highest BCUT2D eigenvalue weighted by atomic mass is 32.1. The summed E-state index contributed by atoms with van der Waals surface area (Å²) in [5.74, 6) is -13.7. The Balaban J connectivity index is 1.88. The van der Waals surface area contributed by atoms with Crippen molar-refractivity contribution in [3.05, 3.63) is 72.3 Å². The zero-order valence-corrected chi connectivity index (χ0v) is 55.1. The van der Waals surface area contributed by atoms with Crippen LogP contribution in [0.5, 0.6) is 0 Å². The van der Waals surface area contributed by atoms with Gasteiger partial charge in [0.05, 0.1) is 31.8 Å². The lowest BCUT2D eigenvalue weighted by molar-refractivity contribution is -0.142. The van der Waals surface area contributed by atoms with Crippen molar-refractivity contribution in [3.8, 4) is 0 Å². The van der Waals surface area contributed by atoms with Gasteiger partial charge in [0, 0.05) is 74.9 Å². The lowest BCUT2D eigenvalue weighted by atomic mass is 10.0. The summed E-state index contributed by atoms with van der Waals surface area (Å²) in [6.07, 6.45) is 3.14. The van der Waals surface area contributed by atoms with Gasteiger partial charge in [-0.25, -0.2) is 14.8 Å². The summed E-state index contributed by atoms with van der Waals surface area (Å²) in [6.45, 7) is 1.65. The number of guanidine groups is 3. The first-order valence-corrected chi connectivity index (χ1v) is 31.7. The summed E-state index contributed by atoms with van der Waals surface area (Å²) in [6, 6.07) is -6.55. The first-order valence-electron chi connectivity index (χ1n) is 31.1. The van der Waals surface area contributed by atoms with Crippen LogP contribution in [0.2, 0.25) is 0 Å². The molecule has 540 valence electrons. The maximum absolute atomic E-state index is 14.6. The number of carboxylic acid groups (broad SMARTS) is 2. The Morgan fingerprint density at radius 3 is 1.33 bits per heavy atom. The van der Waals surface area contributed by atoms with Crippen molar-refractivity contribution in [2.45, 2.75) is 151 Å². The number of rotatable bonds is 46. The van der Waals surface area contributed by atoms with Crippen LogP contribution in [0, 0.1) is 5.92 Å². The minimum Gasteiger partial charge on any atom is -0.481 e. The van der Waals surface area contributed by atoms with Gasteiger partial charge in [-0.15, -0.1) is 0 Å². The van der Waals surface area contributed by atoms with Crippen LogP contribution < -0.4 is 93.3 Å². The summed E-state index contributed by atoms with van der Waals surface area (Å²) in [4.78, 5) is 188. The Kier molecular flexibility index (Phi) is 36.2. The highest BCUT2D eigenvalue weighted by Crippen LogP contribution is 2.12. The van der Waals surface area contributed by atoms with Gasteiger partial charge in [-0.3, -0.25) is 67.7 Å². The maximum Gasteiger partial charge on any atom is 0.326 e. The number of nitrogens with two attached hydrogens (primary N) is 7. The fourth-order valence-corrected chi connectivity index (χ4v) is 9.50. The molecule has 3 aromatic rings. The van der Waals surface area contributed by atoms with Crippen molar-refractivity contribution in [2.75, 3.05) is 38.5 Å². The number of carbonyl (C=O) groups excluding carboxylic acids is 10. The molecule has 0 unspecified atom stereocenters. The number of aliphatic imine (C=N–C) groups is 3. The zero-order valence-electron chi connectivity index (χ0n) is 54.2. The van der Waals surface area contributed by atoms with Crippen molar-refractivity contribution in [3.63, 3.8) is 0 Å². The average Bonchev–Trinajstić information content (AvgIpc) is 1.21. The number of nitrogens with zero attached hydrogens (tertiary/aromatic N) is 5. The molecule has 0 radical (unpaired) electrons. The van der Waals surface area contributed by atoms with Crippen molar-refractivity contribution in [1.82, 2.24) is 73.1 Å². The first-order chi connectivity index (χ1) is 46.5. The van der Waals surface area contributed by atoms with Crippen LogP contribution >= 0.6 is 12.6 Å². The van der Waals surface area contributed by atoms with Gasteiger partial charge in [-0.05, 0) is 62.8 Å². The fraction of sp³-hybridized carbons (Fsp3) is 0.534. The van der Waals surface area contributed by atoms with Gasteiger partial charge < -0.3 is 119 Å². The number of thiol groups is 1. The van der Waals surface area contributed by atoms with Gasteiger partial charge in [-0.2, -0.15) is 12.6 Å². The van der Waals surface area contributed by atoms with Gasteiger partial charge in [-0.1, -0.05) is 44.2 Å². The second kappa shape index (κ2) is 43.4. The molecule has 2 heterocycles. The van der Waals surface area contributed by atoms with Crippen LogP contribution in [0.15, 0.2) is 70.4 Å². The van der Waals surface area contributed by atoms with Crippen molar-refractivity contribution < 1.29 is 72.9 Å². The third-order valence-electron chi connectivity index (χ3n) is 14.3. The number of aromatic amines is 2. The number of aliphatic hydroxyl groups is 1. The summed E-state index contributed by atoms with van der Waals surface area (Å²) in [5, 5.41) is 54.8. The van der Waals surface area contributed by atoms with Crippen LogP contribution in [0.3, 0.4) is 0 Å². The number of aliphatic hydroxyl groups excluding tert-OH is 1.